The van der Waals surface area contributed by atoms with E-state index >= 15 is 0 Å². The number of ketones is 1. The maximum Gasteiger partial charge on any atom is 0.178 e. The Morgan fingerprint density at radius 2 is 2.11 bits per heavy atom. The van der Waals surface area contributed by atoms with Gasteiger partial charge in [-0.25, -0.2) is 0 Å². The molecule has 19 heavy (non-hydrogen) atoms. The number of rotatable bonds is 4. The van der Waals surface area contributed by atoms with Gasteiger partial charge in [-0.1, -0.05) is 36.6 Å². The van der Waals surface area contributed by atoms with Gasteiger partial charge in [-0.05, 0) is 31.5 Å². The van der Waals surface area contributed by atoms with Gasteiger partial charge in [-0.3, -0.25) is 9.69 Å². The fourth-order valence-corrected chi connectivity index (χ4v) is 2.85. The molecule has 1 N–H and O–H groups in total. The van der Waals surface area contributed by atoms with E-state index in [2.05, 4.69) is 4.90 Å². The third kappa shape index (κ3) is 3.78. The lowest BCUT2D eigenvalue weighted by atomic mass is 10.1. The molecule has 1 fully saturated rings. The molecule has 1 heterocycles. The number of hydrogen-bond acceptors (Lipinski definition) is 3. The Hall–Kier alpha value is -0.900. The Labute approximate surface area is 119 Å². The van der Waals surface area contributed by atoms with Gasteiger partial charge in [0, 0.05) is 11.6 Å². The summed E-state index contributed by atoms with van der Waals surface area (Å²) in [5.74, 6) is 0.0333. The minimum atomic E-state index is 0.0333. The van der Waals surface area contributed by atoms with Gasteiger partial charge >= 0.3 is 0 Å². The topological polar surface area (TPSA) is 40.5 Å². The van der Waals surface area contributed by atoms with Gasteiger partial charge < -0.3 is 5.11 Å². The molecule has 1 atom stereocenters. The van der Waals surface area contributed by atoms with Gasteiger partial charge in [0.25, 0.3) is 0 Å². The predicted molar refractivity (Wildman–Crippen MR) is 76.7 cm³/mol. The van der Waals surface area contributed by atoms with Crippen LogP contribution in [0.5, 0.6) is 0 Å². The van der Waals surface area contributed by atoms with Crippen molar-refractivity contribution in [2.45, 2.75) is 31.7 Å². The summed E-state index contributed by atoms with van der Waals surface area (Å²) in [4.78, 5) is 14.4. The monoisotopic (exact) mass is 281 g/mol. The first-order valence-electron chi connectivity index (χ1n) is 6.85. The van der Waals surface area contributed by atoms with Gasteiger partial charge in [-0.2, -0.15) is 0 Å². The molecule has 104 valence electrons. The van der Waals surface area contributed by atoms with Crippen LogP contribution in [-0.2, 0) is 0 Å². The zero-order valence-electron chi connectivity index (χ0n) is 11.0. The molecule has 1 aliphatic rings. The fourth-order valence-electron chi connectivity index (χ4n) is 2.61. The summed E-state index contributed by atoms with van der Waals surface area (Å²) < 4.78 is 0. The Morgan fingerprint density at radius 3 is 2.84 bits per heavy atom. The van der Waals surface area contributed by atoms with Gasteiger partial charge in [0.05, 0.1) is 18.2 Å². The molecule has 1 unspecified atom stereocenters. The van der Waals surface area contributed by atoms with Crippen LogP contribution in [0.2, 0.25) is 5.02 Å². The molecule has 0 amide bonds. The highest BCUT2D eigenvalue weighted by Crippen LogP contribution is 2.19. The van der Waals surface area contributed by atoms with Crippen molar-refractivity contribution >= 4 is 17.4 Å². The van der Waals surface area contributed by atoms with Gasteiger partial charge in [0.2, 0.25) is 0 Å². The lowest BCUT2D eigenvalue weighted by molar-refractivity contribution is 0.0826. The van der Waals surface area contributed by atoms with E-state index < -0.39 is 0 Å². The van der Waals surface area contributed by atoms with Crippen LogP contribution in [0.1, 0.15) is 36.0 Å². The van der Waals surface area contributed by atoms with Crippen LogP contribution in [0.3, 0.4) is 0 Å². The second kappa shape index (κ2) is 7.04. The van der Waals surface area contributed by atoms with Crippen LogP contribution in [0, 0.1) is 0 Å². The SMILES string of the molecule is O=C(CN1CCCCCC1CO)c1ccccc1Cl. The number of likely N-dealkylation sites (tertiary alicyclic amines) is 1. The zero-order chi connectivity index (χ0) is 13.7. The van der Waals surface area contributed by atoms with Crippen LogP contribution in [0.15, 0.2) is 24.3 Å². The van der Waals surface area contributed by atoms with Crippen molar-refractivity contribution in [1.82, 2.24) is 4.90 Å². The van der Waals surface area contributed by atoms with Crippen molar-refractivity contribution < 1.29 is 9.90 Å². The van der Waals surface area contributed by atoms with E-state index in [0.717, 1.165) is 25.8 Å². The van der Waals surface area contributed by atoms with E-state index in [1.807, 2.05) is 12.1 Å². The van der Waals surface area contributed by atoms with E-state index in [9.17, 15) is 9.90 Å². The second-order valence-corrected chi connectivity index (χ2v) is 5.47. The molecular weight excluding hydrogens is 262 g/mol. The molecule has 2 rings (SSSR count). The number of nitrogens with zero attached hydrogens (tertiary/aromatic N) is 1. The minimum Gasteiger partial charge on any atom is -0.395 e. The first kappa shape index (κ1) is 14.5. The maximum atomic E-state index is 12.3. The number of hydrogen-bond donors (Lipinski definition) is 1. The molecular formula is C15H20ClNO2. The summed E-state index contributed by atoms with van der Waals surface area (Å²) in [7, 11) is 0. The van der Waals surface area contributed by atoms with Crippen molar-refractivity contribution in [2.24, 2.45) is 0 Å². The highest BCUT2D eigenvalue weighted by Gasteiger charge is 2.23. The number of aliphatic hydroxyl groups is 1. The molecule has 1 aromatic carbocycles. The molecule has 1 aromatic rings. The van der Waals surface area contributed by atoms with Crippen LogP contribution in [-0.4, -0.2) is 41.5 Å². The third-order valence-electron chi connectivity index (χ3n) is 3.73. The Morgan fingerprint density at radius 1 is 1.32 bits per heavy atom. The van der Waals surface area contributed by atoms with Crippen molar-refractivity contribution in [1.29, 1.82) is 0 Å². The normalized spacial score (nSPS) is 21.1. The maximum absolute atomic E-state index is 12.3. The molecule has 3 nitrogen and oxygen atoms in total. The predicted octanol–water partition coefficient (Wildman–Crippen LogP) is 2.76. The first-order valence-corrected chi connectivity index (χ1v) is 7.23. The van der Waals surface area contributed by atoms with E-state index in [1.54, 1.807) is 12.1 Å². The Kier molecular flexibility index (Phi) is 5.37. The Bertz CT molecular complexity index is 436. The highest BCUT2D eigenvalue weighted by atomic mass is 35.5. The van der Waals surface area contributed by atoms with Crippen LogP contribution < -0.4 is 0 Å². The van der Waals surface area contributed by atoms with Gasteiger partial charge in [0.1, 0.15) is 0 Å². The van der Waals surface area contributed by atoms with Crippen LogP contribution >= 0.6 is 11.6 Å². The molecule has 0 saturated carbocycles. The molecule has 0 aliphatic carbocycles. The summed E-state index contributed by atoms with van der Waals surface area (Å²) >= 11 is 6.05. The van der Waals surface area contributed by atoms with Gasteiger partial charge in [-0.15, -0.1) is 0 Å². The summed E-state index contributed by atoms with van der Waals surface area (Å²) in [6.07, 6.45) is 4.36. The Balaban J connectivity index is 2.06. The average Bonchev–Trinajstić information content (AvgIpc) is 2.64. The lowest BCUT2D eigenvalue weighted by Crippen LogP contribution is -2.40. The smallest absolute Gasteiger partial charge is 0.178 e. The number of aliphatic hydroxyl groups excluding tert-OH is 1. The number of halogens is 1. The molecule has 1 saturated heterocycles. The standard InChI is InChI=1S/C15H20ClNO2/c16-14-8-4-3-7-13(14)15(19)10-17-9-5-1-2-6-12(17)11-18/h3-4,7-8,12,18H,1-2,5-6,9-11H2. The van der Waals surface area contributed by atoms with Crippen molar-refractivity contribution in [3.05, 3.63) is 34.9 Å². The first-order chi connectivity index (χ1) is 9.22. The van der Waals surface area contributed by atoms with Gasteiger partial charge in [0.15, 0.2) is 5.78 Å². The largest absolute Gasteiger partial charge is 0.395 e. The summed E-state index contributed by atoms with van der Waals surface area (Å²) in [5.41, 5.74) is 0.574. The molecule has 0 spiro atoms. The number of Topliss-reactive ketones (excluding diaryl/α,β-unsaturated/α-hetero) is 1. The van der Waals surface area contributed by atoms with Crippen molar-refractivity contribution in [2.75, 3.05) is 19.7 Å². The fraction of sp³-hybridized carbons (Fsp3) is 0.533. The summed E-state index contributed by atoms with van der Waals surface area (Å²) in [6, 6.07) is 7.25. The number of carbonyl (C=O) groups is 1. The zero-order valence-corrected chi connectivity index (χ0v) is 11.8. The minimum absolute atomic E-state index is 0.0333. The molecule has 0 radical (unpaired) electrons. The van der Waals surface area contributed by atoms with Crippen LogP contribution in [0.4, 0.5) is 0 Å². The van der Waals surface area contributed by atoms with E-state index in [4.69, 9.17) is 11.6 Å². The number of benzene rings is 1. The van der Waals surface area contributed by atoms with E-state index in [1.165, 1.54) is 6.42 Å². The quantitative estimate of drug-likeness (QED) is 0.863. The third-order valence-corrected chi connectivity index (χ3v) is 4.06. The lowest BCUT2D eigenvalue weighted by Gasteiger charge is -2.27. The van der Waals surface area contributed by atoms with E-state index in [0.29, 0.717) is 17.1 Å². The number of carbonyl (C=O) groups excluding carboxylic acids is 1. The molecule has 0 bridgehead atoms. The van der Waals surface area contributed by atoms with Crippen molar-refractivity contribution in [3.63, 3.8) is 0 Å². The summed E-state index contributed by atoms with van der Waals surface area (Å²) in [6.45, 7) is 1.34. The van der Waals surface area contributed by atoms with Crippen LogP contribution in [0.25, 0.3) is 0 Å². The molecule has 1 aliphatic heterocycles. The summed E-state index contributed by atoms with van der Waals surface area (Å²) in [5, 5.41) is 9.95. The molecule has 0 aromatic heterocycles. The molecule has 4 heteroatoms. The highest BCUT2D eigenvalue weighted by molar-refractivity contribution is 6.34. The average molecular weight is 282 g/mol. The second-order valence-electron chi connectivity index (χ2n) is 5.06. The van der Waals surface area contributed by atoms with E-state index in [-0.39, 0.29) is 18.4 Å². The van der Waals surface area contributed by atoms with Crippen molar-refractivity contribution in [3.8, 4) is 0 Å².